The molecule has 0 spiro atoms. The molecular formula is C13H20N2OS. The van der Waals surface area contributed by atoms with E-state index < -0.39 is 0 Å². The lowest BCUT2D eigenvalue weighted by Gasteiger charge is -2.22. The number of aryl methyl sites for hydroxylation is 1. The summed E-state index contributed by atoms with van der Waals surface area (Å²) in [6.45, 7) is 4.86. The summed E-state index contributed by atoms with van der Waals surface area (Å²) >= 11 is 1.71. The van der Waals surface area contributed by atoms with Gasteiger partial charge in [0.05, 0.1) is 6.54 Å². The Labute approximate surface area is 107 Å². The summed E-state index contributed by atoms with van der Waals surface area (Å²) in [4.78, 5) is 13.0. The van der Waals surface area contributed by atoms with Gasteiger partial charge in [-0.2, -0.15) is 0 Å². The predicted octanol–water partition coefficient (Wildman–Crippen LogP) is 2.06. The molecule has 3 nitrogen and oxygen atoms in total. The largest absolute Gasteiger partial charge is 0.351 e. The Kier molecular flexibility index (Phi) is 4.57. The third-order valence-electron chi connectivity index (χ3n) is 3.29. The number of nitrogens with one attached hydrogen (secondary N) is 2. The summed E-state index contributed by atoms with van der Waals surface area (Å²) in [5.41, 5.74) is 1.27. The second kappa shape index (κ2) is 6.17. The van der Waals surface area contributed by atoms with E-state index in [0.717, 1.165) is 13.1 Å². The van der Waals surface area contributed by atoms with Crippen LogP contribution in [0.25, 0.3) is 0 Å². The Morgan fingerprint density at radius 1 is 1.65 bits per heavy atom. The maximum Gasteiger partial charge on any atom is 0.220 e. The van der Waals surface area contributed by atoms with Crippen molar-refractivity contribution in [3.8, 4) is 0 Å². The molecule has 17 heavy (non-hydrogen) atoms. The summed E-state index contributed by atoms with van der Waals surface area (Å²) in [5.74, 6) is 0.708. The van der Waals surface area contributed by atoms with E-state index in [2.05, 4.69) is 29.0 Å². The fourth-order valence-corrected chi connectivity index (χ4v) is 3.04. The van der Waals surface area contributed by atoms with E-state index in [0.29, 0.717) is 18.9 Å². The minimum absolute atomic E-state index is 0.187. The van der Waals surface area contributed by atoms with Crippen LogP contribution in [0.1, 0.15) is 29.7 Å². The Balaban J connectivity index is 1.72. The van der Waals surface area contributed by atoms with E-state index in [9.17, 15) is 4.79 Å². The molecule has 1 unspecified atom stereocenters. The van der Waals surface area contributed by atoms with Crippen LogP contribution in [0.4, 0.5) is 0 Å². The predicted molar refractivity (Wildman–Crippen MR) is 71.1 cm³/mol. The number of thiophene rings is 1. The highest BCUT2D eigenvalue weighted by Crippen LogP contribution is 2.16. The van der Waals surface area contributed by atoms with Crippen molar-refractivity contribution >= 4 is 17.2 Å². The fourth-order valence-electron chi connectivity index (χ4n) is 2.20. The maximum atomic E-state index is 11.8. The number of carbonyl (C=O) groups excluding carboxylic acids is 1. The van der Waals surface area contributed by atoms with Crippen molar-refractivity contribution in [2.24, 2.45) is 5.92 Å². The molecule has 4 heteroatoms. The van der Waals surface area contributed by atoms with Gasteiger partial charge in [0.1, 0.15) is 0 Å². The van der Waals surface area contributed by atoms with E-state index in [-0.39, 0.29) is 5.91 Å². The lowest BCUT2D eigenvalue weighted by atomic mass is 9.96. The van der Waals surface area contributed by atoms with Gasteiger partial charge in [0.15, 0.2) is 0 Å². The first-order valence-corrected chi connectivity index (χ1v) is 7.14. The zero-order valence-electron chi connectivity index (χ0n) is 10.3. The van der Waals surface area contributed by atoms with Crippen LogP contribution >= 0.6 is 11.3 Å². The zero-order valence-corrected chi connectivity index (χ0v) is 11.1. The average Bonchev–Trinajstić information content (AvgIpc) is 2.74. The molecule has 0 saturated carbocycles. The number of carbonyl (C=O) groups is 1. The van der Waals surface area contributed by atoms with E-state index in [1.54, 1.807) is 11.3 Å². The third-order valence-corrected chi connectivity index (χ3v) is 4.31. The van der Waals surface area contributed by atoms with E-state index in [1.165, 1.54) is 23.3 Å². The second-order valence-electron chi connectivity index (χ2n) is 4.72. The molecule has 0 aliphatic carbocycles. The number of piperidine rings is 1. The highest BCUT2D eigenvalue weighted by Gasteiger charge is 2.16. The van der Waals surface area contributed by atoms with Crippen molar-refractivity contribution < 1.29 is 4.79 Å². The first-order valence-electron chi connectivity index (χ1n) is 6.26. The quantitative estimate of drug-likeness (QED) is 0.861. The molecule has 0 bridgehead atoms. The normalized spacial score (nSPS) is 20.2. The summed E-state index contributed by atoms with van der Waals surface area (Å²) < 4.78 is 0. The monoisotopic (exact) mass is 252 g/mol. The standard InChI is InChI=1S/C13H20N2OS/c1-10-4-6-17-12(10)9-15-13(16)7-11-3-2-5-14-8-11/h4,6,11,14H,2-3,5,7-9H2,1H3,(H,15,16). The Morgan fingerprint density at radius 3 is 3.18 bits per heavy atom. The highest BCUT2D eigenvalue weighted by molar-refractivity contribution is 7.10. The van der Waals surface area contributed by atoms with Gasteiger partial charge in [-0.05, 0) is 55.8 Å². The number of hydrogen-bond acceptors (Lipinski definition) is 3. The molecule has 1 saturated heterocycles. The number of rotatable bonds is 4. The van der Waals surface area contributed by atoms with Crippen molar-refractivity contribution in [2.45, 2.75) is 32.7 Å². The summed E-state index contributed by atoms with van der Waals surface area (Å²) in [5, 5.41) is 8.43. The van der Waals surface area contributed by atoms with Crippen LogP contribution in [-0.4, -0.2) is 19.0 Å². The van der Waals surface area contributed by atoms with E-state index in [4.69, 9.17) is 0 Å². The first kappa shape index (κ1) is 12.6. The minimum atomic E-state index is 0.187. The van der Waals surface area contributed by atoms with Crippen LogP contribution in [0, 0.1) is 12.8 Å². The number of hydrogen-bond donors (Lipinski definition) is 2. The van der Waals surface area contributed by atoms with Crippen LogP contribution in [-0.2, 0) is 11.3 Å². The van der Waals surface area contributed by atoms with Gasteiger partial charge in [0.25, 0.3) is 0 Å². The van der Waals surface area contributed by atoms with Gasteiger partial charge in [0.2, 0.25) is 5.91 Å². The molecule has 1 aromatic rings. The molecule has 1 aliphatic heterocycles. The second-order valence-corrected chi connectivity index (χ2v) is 5.72. The highest BCUT2D eigenvalue weighted by atomic mass is 32.1. The van der Waals surface area contributed by atoms with Gasteiger partial charge >= 0.3 is 0 Å². The van der Waals surface area contributed by atoms with Gasteiger partial charge in [-0.25, -0.2) is 0 Å². The van der Waals surface area contributed by atoms with Gasteiger partial charge in [-0.3, -0.25) is 4.79 Å². The van der Waals surface area contributed by atoms with E-state index >= 15 is 0 Å². The molecule has 1 atom stereocenters. The van der Waals surface area contributed by atoms with Gasteiger partial charge in [0, 0.05) is 11.3 Å². The van der Waals surface area contributed by atoms with Crippen LogP contribution in [0.5, 0.6) is 0 Å². The average molecular weight is 252 g/mol. The molecule has 1 aliphatic rings. The van der Waals surface area contributed by atoms with Crippen molar-refractivity contribution in [3.63, 3.8) is 0 Å². The lowest BCUT2D eigenvalue weighted by molar-refractivity contribution is -0.122. The Bertz CT molecular complexity index is 369. The van der Waals surface area contributed by atoms with Crippen molar-refractivity contribution in [1.82, 2.24) is 10.6 Å². The molecule has 1 aromatic heterocycles. The van der Waals surface area contributed by atoms with Crippen LogP contribution < -0.4 is 10.6 Å². The van der Waals surface area contributed by atoms with Crippen molar-refractivity contribution in [3.05, 3.63) is 21.9 Å². The molecule has 2 N–H and O–H groups in total. The molecule has 94 valence electrons. The molecule has 1 amide bonds. The minimum Gasteiger partial charge on any atom is -0.351 e. The van der Waals surface area contributed by atoms with Gasteiger partial charge < -0.3 is 10.6 Å². The topological polar surface area (TPSA) is 41.1 Å². The maximum absolute atomic E-state index is 11.8. The molecule has 2 heterocycles. The summed E-state index contributed by atoms with van der Waals surface area (Å²) in [6.07, 6.45) is 3.04. The molecule has 2 rings (SSSR count). The SMILES string of the molecule is Cc1ccsc1CNC(=O)CC1CCCNC1. The zero-order chi connectivity index (χ0) is 12.1. The van der Waals surface area contributed by atoms with Crippen molar-refractivity contribution in [1.29, 1.82) is 0 Å². The molecule has 0 aromatic carbocycles. The Hall–Kier alpha value is -0.870. The van der Waals surface area contributed by atoms with Crippen LogP contribution in [0.15, 0.2) is 11.4 Å². The Morgan fingerprint density at radius 2 is 2.53 bits per heavy atom. The molecular weight excluding hydrogens is 232 g/mol. The first-order chi connectivity index (χ1) is 8.25. The van der Waals surface area contributed by atoms with Gasteiger partial charge in [-0.15, -0.1) is 11.3 Å². The summed E-state index contributed by atoms with van der Waals surface area (Å²) in [6, 6.07) is 2.09. The number of amides is 1. The van der Waals surface area contributed by atoms with Gasteiger partial charge in [-0.1, -0.05) is 0 Å². The summed E-state index contributed by atoms with van der Waals surface area (Å²) in [7, 11) is 0. The third kappa shape index (κ3) is 3.82. The smallest absolute Gasteiger partial charge is 0.220 e. The molecule has 1 fully saturated rings. The van der Waals surface area contributed by atoms with Crippen LogP contribution in [0.3, 0.4) is 0 Å². The van der Waals surface area contributed by atoms with E-state index in [1.807, 2.05) is 0 Å². The molecule has 0 radical (unpaired) electrons. The van der Waals surface area contributed by atoms with Crippen LogP contribution in [0.2, 0.25) is 0 Å². The lowest BCUT2D eigenvalue weighted by Crippen LogP contribution is -2.34. The fraction of sp³-hybridized carbons (Fsp3) is 0.615. The van der Waals surface area contributed by atoms with Crippen molar-refractivity contribution in [2.75, 3.05) is 13.1 Å².